The Morgan fingerprint density at radius 2 is 2.21 bits per heavy atom. The Bertz CT molecular complexity index is 339. The molecule has 0 unspecified atom stereocenters. The minimum absolute atomic E-state index is 0.111. The molecule has 0 saturated heterocycles. The maximum atomic E-state index is 11.9. The summed E-state index contributed by atoms with van der Waals surface area (Å²) >= 11 is 0. The van der Waals surface area contributed by atoms with E-state index in [2.05, 4.69) is 4.74 Å². The number of hydrogen-bond donors (Lipinski definition) is 1. The van der Waals surface area contributed by atoms with Gasteiger partial charge >= 0.3 is 6.61 Å². The van der Waals surface area contributed by atoms with Crippen LogP contribution in [0.4, 0.5) is 8.78 Å². The van der Waals surface area contributed by atoms with Gasteiger partial charge in [-0.2, -0.15) is 8.78 Å². The van der Waals surface area contributed by atoms with Gasteiger partial charge in [0.05, 0.1) is 6.10 Å². The Morgan fingerprint density at radius 1 is 1.43 bits per heavy atom. The molecule has 1 aromatic rings. The van der Waals surface area contributed by atoms with Crippen LogP contribution in [0.15, 0.2) is 18.2 Å². The van der Waals surface area contributed by atoms with Crippen LogP contribution in [0.25, 0.3) is 0 Å². The van der Waals surface area contributed by atoms with Gasteiger partial charge in [-0.25, -0.2) is 0 Å². The van der Waals surface area contributed by atoms with Crippen molar-refractivity contribution >= 4 is 0 Å². The molecule has 0 saturated carbocycles. The summed E-state index contributed by atoms with van der Waals surface area (Å²) in [6.45, 7) is -2.81. The van der Waals surface area contributed by atoms with Crippen molar-refractivity contribution in [3.05, 3.63) is 29.3 Å². The number of ether oxygens (including phenoxy) is 1. The lowest BCUT2D eigenvalue weighted by atomic mass is 10.1. The van der Waals surface area contributed by atoms with Crippen molar-refractivity contribution in [3.8, 4) is 5.75 Å². The Labute approximate surface area is 80.1 Å². The van der Waals surface area contributed by atoms with E-state index in [1.54, 1.807) is 6.07 Å². The molecule has 2 rings (SSSR count). The monoisotopic (exact) mass is 200 g/mol. The van der Waals surface area contributed by atoms with Crippen LogP contribution >= 0.6 is 0 Å². The third-order valence-electron chi connectivity index (χ3n) is 2.39. The number of aliphatic hydroxyl groups excluding tert-OH is 1. The first-order valence-electron chi connectivity index (χ1n) is 4.42. The van der Waals surface area contributed by atoms with Crippen molar-refractivity contribution < 1.29 is 18.6 Å². The number of aryl methyl sites for hydroxylation is 1. The molecular weight excluding hydrogens is 190 g/mol. The summed E-state index contributed by atoms with van der Waals surface area (Å²) < 4.78 is 28.0. The van der Waals surface area contributed by atoms with Crippen LogP contribution in [0.5, 0.6) is 5.75 Å². The predicted molar refractivity (Wildman–Crippen MR) is 46.4 cm³/mol. The maximum Gasteiger partial charge on any atom is 0.387 e. The van der Waals surface area contributed by atoms with Crippen molar-refractivity contribution in [2.75, 3.05) is 0 Å². The topological polar surface area (TPSA) is 29.5 Å². The zero-order chi connectivity index (χ0) is 10.1. The fraction of sp³-hybridized carbons (Fsp3) is 0.400. The van der Waals surface area contributed by atoms with Crippen LogP contribution in [0.2, 0.25) is 0 Å². The van der Waals surface area contributed by atoms with Crippen molar-refractivity contribution in [3.63, 3.8) is 0 Å². The summed E-state index contributed by atoms with van der Waals surface area (Å²) in [5.41, 5.74) is 1.72. The van der Waals surface area contributed by atoms with Gasteiger partial charge in [0.2, 0.25) is 0 Å². The van der Waals surface area contributed by atoms with E-state index in [9.17, 15) is 13.9 Å². The molecule has 1 atom stereocenters. The van der Waals surface area contributed by atoms with Crippen molar-refractivity contribution in [1.82, 2.24) is 0 Å². The van der Waals surface area contributed by atoms with Crippen LogP contribution in [0.3, 0.4) is 0 Å². The summed E-state index contributed by atoms with van der Waals surface area (Å²) in [4.78, 5) is 0. The number of benzene rings is 1. The molecule has 2 nitrogen and oxygen atoms in total. The molecule has 1 aliphatic rings. The molecule has 0 spiro atoms. The van der Waals surface area contributed by atoms with Crippen LogP contribution < -0.4 is 4.74 Å². The van der Waals surface area contributed by atoms with Gasteiger partial charge in [-0.05, 0) is 36.1 Å². The molecule has 4 heteroatoms. The van der Waals surface area contributed by atoms with Crippen molar-refractivity contribution in [2.24, 2.45) is 0 Å². The first-order valence-corrected chi connectivity index (χ1v) is 4.42. The molecule has 76 valence electrons. The fourth-order valence-corrected chi connectivity index (χ4v) is 1.73. The van der Waals surface area contributed by atoms with E-state index in [0.717, 1.165) is 12.0 Å². The van der Waals surface area contributed by atoms with Gasteiger partial charge in [0, 0.05) is 0 Å². The molecule has 0 bridgehead atoms. The second-order valence-electron chi connectivity index (χ2n) is 3.29. The minimum Gasteiger partial charge on any atom is -0.435 e. The molecule has 0 radical (unpaired) electrons. The lowest BCUT2D eigenvalue weighted by Crippen LogP contribution is -2.02. The van der Waals surface area contributed by atoms with E-state index in [-0.39, 0.29) is 5.75 Å². The molecule has 1 N–H and O–H groups in total. The van der Waals surface area contributed by atoms with Crippen LogP contribution in [0.1, 0.15) is 23.7 Å². The third-order valence-corrected chi connectivity index (χ3v) is 2.39. The first kappa shape index (κ1) is 9.40. The molecule has 14 heavy (non-hydrogen) atoms. The highest BCUT2D eigenvalue weighted by atomic mass is 19.3. The van der Waals surface area contributed by atoms with Crippen molar-refractivity contribution in [2.45, 2.75) is 25.6 Å². The summed E-state index contributed by atoms with van der Waals surface area (Å²) in [6.07, 6.45) is 0.921. The number of alkyl halides is 2. The Kier molecular flexibility index (Phi) is 2.37. The van der Waals surface area contributed by atoms with Gasteiger partial charge < -0.3 is 9.84 Å². The van der Waals surface area contributed by atoms with Gasteiger partial charge in [0.1, 0.15) is 5.75 Å². The molecular formula is C10H10F2O2. The minimum atomic E-state index is -2.81. The van der Waals surface area contributed by atoms with E-state index < -0.39 is 12.7 Å². The zero-order valence-corrected chi connectivity index (χ0v) is 7.41. The SMILES string of the molecule is O[C@H]1CCc2ccc(OC(F)F)cc21. The van der Waals surface area contributed by atoms with Gasteiger partial charge in [-0.3, -0.25) is 0 Å². The van der Waals surface area contributed by atoms with Gasteiger partial charge in [0.15, 0.2) is 0 Å². The normalized spacial score (nSPS) is 19.9. The van der Waals surface area contributed by atoms with Gasteiger partial charge in [0.25, 0.3) is 0 Å². The molecule has 0 aromatic heterocycles. The summed E-state index contributed by atoms with van der Waals surface area (Å²) in [5, 5.41) is 9.50. The summed E-state index contributed by atoms with van der Waals surface area (Å²) in [7, 11) is 0. The Hall–Kier alpha value is -1.16. The molecule has 0 fully saturated rings. The highest BCUT2D eigenvalue weighted by molar-refractivity contribution is 5.39. The van der Waals surface area contributed by atoms with E-state index >= 15 is 0 Å². The Morgan fingerprint density at radius 3 is 2.93 bits per heavy atom. The number of fused-ring (bicyclic) bond motifs is 1. The Balaban J connectivity index is 2.26. The maximum absolute atomic E-state index is 11.9. The molecule has 0 heterocycles. The number of aliphatic hydroxyl groups is 1. The van der Waals surface area contributed by atoms with E-state index in [0.29, 0.717) is 12.0 Å². The number of halogens is 2. The van der Waals surface area contributed by atoms with Crippen LogP contribution in [0, 0.1) is 0 Å². The smallest absolute Gasteiger partial charge is 0.387 e. The lowest BCUT2D eigenvalue weighted by molar-refractivity contribution is -0.0499. The second kappa shape index (κ2) is 3.53. The predicted octanol–water partition coefficient (Wildman–Crippen LogP) is 2.27. The quantitative estimate of drug-likeness (QED) is 0.793. The highest BCUT2D eigenvalue weighted by Gasteiger charge is 2.20. The van der Waals surface area contributed by atoms with E-state index in [1.165, 1.54) is 12.1 Å². The van der Waals surface area contributed by atoms with E-state index in [1.807, 2.05) is 0 Å². The average Bonchev–Trinajstić information content (AvgIpc) is 2.47. The van der Waals surface area contributed by atoms with Gasteiger partial charge in [-0.15, -0.1) is 0 Å². The molecule has 0 amide bonds. The highest BCUT2D eigenvalue weighted by Crippen LogP contribution is 2.33. The third kappa shape index (κ3) is 1.70. The molecule has 0 aliphatic heterocycles. The molecule has 1 aromatic carbocycles. The first-order chi connectivity index (χ1) is 6.66. The van der Waals surface area contributed by atoms with E-state index in [4.69, 9.17) is 0 Å². The summed E-state index contributed by atoms with van der Waals surface area (Å²) in [6, 6.07) is 4.71. The second-order valence-corrected chi connectivity index (χ2v) is 3.29. The van der Waals surface area contributed by atoms with Crippen molar-refractivity contribution in [1.29, 1.82) is 0 Å². The lowest BCUT2D eigenvalue weighted by Gasteiger charge is -2.08. The standard InChI is InChI=1S/C10H10F2O2/c11-10(12)14-7-3-1-6-2-4-9(13)8(6)5-7/h1,3,5,9-10,13H,2,4H2/t9-/m0/s1. The zero-order valence-electron chi connectivity index (χ0n) is 7.41. The van der Waals surface area contributed by atoms with Gasteiger partial charge in [-0.1, -0.05) is 6.07 Å². The van der Waals surface area contributed by atoms with Crippen LogP contribution in [-0.2, 0) is 6.42 Å². The number of rotatable bonds is 2. The average molecular weight is 200 g/mol. The summed E-state index contributed by atoms with van der Waals surface area (Å²) in [5.74, 6) is 0.111. The fourth-order valence-electron chi connectivity index (χ4n) is 1.73. The number of hydrogen-bond acceptors (Lipinski definition) is 2. The largest absolute Gasteiger partial charge is 0.435 e. The molecule has 1 aliphatic carbocycles. The van der Waals surface area contributed by atoms with Crippen LogP contribution in [-0.4, -0.2) is 11.7 Å².